The number of amides is 1. The maximum Gasteiger partial charge on any atom is 0.408 e. The minimum absolute atomic E-state index is 0.188. The molecule has 2 rings (SSSR count). The maximum absolute atomic E-state index is 11.8. The average molecular weight is 288 g/mol. The number of carbonyl (C=O) groups is 2. The van der Waals surface area contributed by atoms with Crippen molar-refractivity contribution in [2.45, 2.75) is 39.3 Å². The van der Waals surface area contributed by atoms with Crippen molar-refractivity contribution in [1.29, 1.82) is 0 Å². The molecule has 2 N–H and O–H groups in total. The summed E-state index contributed by atoms with van der Waals surface area (Å²) in [6.07, 6.45) is 0.331. The monoisotopic (exact) mass is 288 g/mol. The van der Waals surface area contributed by atoms with Crippen molar-refractivity contribution in [3.8, 4) is 0 Å². The first-order chi connectivity index (χ1) is 9.78. The Kier molecular flexibility index (Phi) is 4.02. The van der Waals surface area contributed by atoms with Gasteiger partial charge in [0, 0.05) is 10.9 Å². The van der Waals surface area contributed by atoms with Crippen LogP contribution in [0.3, 0.4) is 0 Å². The summed E-state index contributed by atoms with van der Waals surface area (Å²) in [5.74, 6) is 0. The quantitative estimate of drug-likeness (QED) is 0.848. The van der Waals surface area contributed by atoms with E-state index in [-0.39, 0.29) is 6.04 Å². The second kappa shape index (κ2) is 5.60. The number of aldehydes is 1. The van der Waals surface area contributed by atoms with Crippen LogP contribution in [0.1, 0.15) is 49.8 Å². The molecule has 0 fully saturated rings. The van der Waals surface area contributed by atoms with Gasteiger partial charge in [0.25, 0.3) is 0 Å². The minimum atomic E-state index is -0.522. The Morgan fingerprint density at radius 2 is 2.05 bits per heavy atom. The highest BCUT2D eigenvalue weighted by Gasteiger charge is 2.18. The topological polar surface area (TPSA) is 71.2 Å². The van der Waals surface area contributed by atoms with Crippen LogP contribution in [0.2, 0.25) is 0 Å². The van der Waals surface area contributed by atoms with Crippen LogP contribution in [0, 0.1) is 0 Å². The van der Waals surface area contributed by atoms with E-state index >= 15 is 0 Å². The standard InChI is InChI=1S/C16H20N2O3/c1-10(17-15(20)21-16(2,3)4)11-5-6-12-7-13(9-19)18-14(12)8-11/h5-10,18H,1-4H3,(H,17,20)/t10-/m1/s1. The number of H-pyrrole nitrogens is 1. The van der Waals surface area contributed by atoms with E-state index in [1.165, 1.54) is 0 Å². The van der Waals surface area contributed by atoms with E-state index in [9.17, 15) is 9.59 Å². The van der Waals surface area contributed by atoms with Gasteiger partial charge >= 0.3 is 6.09 Å². The summed E-state index contributed by atoms with van der Waals surface area (Å²) in [7, 11) is 0. The van der Waals surface area contributed by atoms with Crippen LogP contribution in [-0.4, -0.2) is 23.0 Å². The van der Waals surface area contributed by atoms with Crippen LogP contribution in [0.5, 0.6) is 0 Å². The molecule has 0 aliphatic heterocycles. The van der Waals surface area contributed by atoms with Gasteiger partial charge in [-0.1, -0.05) is 12.1 Å². The zero-order valence-electron chi connectivity index (χ0n) is 12.7. The number of hydrogen-bond acceptors (Lipinski definition) is 3. The van der Waals surface area contributed by atoms with Gasteiger partial charge in [-0.3, -0.25) is 4.79 Å². The van der Waals surface area contributed by atoms with Crippen molar-refractivity contribution >= 4 is 23.3 Å². The fourth-order valence-corrected chi connectivity index (χ4v) is 2.07. The summed E-state index contributed by atoms with van der Waals surface area (Å²) >= 11 is 0. The zero-order valence-corrected chi connectivity index (χ0v) is 12.7. The van der Waals surface area contributed by atoms with E-state index < -0.39 is 11.7 Å². The first kappa shape index (κ1) is 15.1. The van der Waals surface area contributed by atoms with Gasteiger partial charge in [0.05, 0.1) is 11.7 Å². The molecule has 1 atom stereocenters. The number of fused-ring (bicyclic) bond motifs is 1. The van der Waals surface area contributed by atoms with Crippen LogP contribution in [-0.2, 0) is 4.74 Å². The highest BCUT2D eigenvalue weighted by Crippen LogP contribution is 2.21. The fraction of sp³-hybridized carbons (Fsp3) is 0.375. The largest absolute Gasteiger partial charge is 0.444 e. The van der Waals surface area contributed by atoms with Gasteiger partial charge in [-0.25, -0.2) is 4.79 Å². The van der Waals surface area contributed by atoms with Crippen molar-refractivity contribution < 1.29 is 14.3 Å². The Hall–Kier alpha value is -2.30. The molecule has 21 heavy (non-hydrogen) atoms. The number of alkyl carbamates (subject to hydrolysis) is 1. The van der Waals surface area contributed by atoms with E-state index in [0.29, 0.717) is 5.69 Å². The molecule has 0 spiro atoms. The maximum atomic E-state index is 11.8. The van der Waals surface area contributed by atoms with E-state index in [1.54, 1.807) is 6.07 Å². The van der Waals surface area contributed by atoms with Crippen LogP contribution < -0.4 is 5.32 Å². The smallest absolute Gasteiger partial charge is 0.408 e. The predicted octanol–water partition coefficient (Wildman–Crippen LogP) is 3.57. The highest BCUT2D eigenvalue weighted by atomic mass is 16.6. The van der Waals surface area contributed by atoms with Crippen LogP contribution in [0.15, 0.2) is 24.3 Å². The third-order valence-electron chi connectivity index (χ3n) is 3.03. The van der Waals surface area contributed by atoms with E-state index in [2.05, 4.69) is 10.3 Å². The molecule has 5 heteroatoms. The van der Waals surface area contributed by atoms with Gasteiger partial charge in [0.2, 0.25) is 0 Å². The van der Waals surface area contributed by atoms with Crippen molar-refractivity contribution in [1.82, 2.24) is 10.3 Å². The zero-order chi connectivity index (χ0) is 15.6. The summed E-state index contributed by atoms with van der Waals surface area (Å²) in [5.41, 5.74) is 1.82. The number of carbonyl (C=O) groups excluding carboxylic acids is 2. The lowest BCUT2D eigenvalue weighted by molar-refractivity contribution is 0.0508. The van der Waals surface area contributed by atoms with Gasteiger partial charge in [-0.05, 0) is 45.4 Å². The molecule has 0 radical (unpaired) electrons. The molecule has 1 amide bonds. The van der Waals surface area contributed by atoms with Gasteiger partial charge in [-0.2, -0.15) is 0 Å². The third kappa shape index (κ3) is 3.84. The Balaban J connectivity index is 2.13. The first-order valence-corrected chi connectivity index (χ1v) is 6.86. The molecule has 1 aromatic heterocycles. The highest BCUT2D eigenvalue weighted by molar-refractivity contribution is 5.88. The Labute approximate surface area is 123 Å². The SMILES string of the molecule is C[C@@H](NC(=O)OC(C)(C)C)c1ccc2cc(C=O)[nH]c2c1. The van der Waals surface area contributed by atoms with Crippen molar-refractivity contribution in [3.63, 3.8) is 0 Å². The van der Waals surface area contributed by atoms with E-state index in [1.807, 2.05) is 45.9 Å². The third-order valence-corrected chi connectivity index (χ3v) is 3.03. The number of benzene rings is 1. The Bertz CT molecular complexity index is 668. The average Bonchev–Trinajstić information content (AvgIpc) is 2.77. The molecular weight excluding hydrogens is 268 g/mol. The summed E-state index contributed by atoms with van der Waals surface area (Å²) in [6.45, 7) is 7.35. The van der Waals surface area contributed by atoms with Crippen molar-refractivity contribution in [3.05, 3.63) is 35.5 Å². The Morgan fingerprint density at radius 3 is 2.67 bits per heavy atom. The van der Waals surface area contributed by atoms with Gasteiger partial charge in [-0.15, -0.1) is 0 Å². The summed E-state index contributed by atoms with van der Waals surface area (Å²) in [5, 5.41) is 3.76. The predicted molar refractivity (Wildman–Crippen MR) is 81.5 cm³/mol. The Morgan fingerprint density at radius 1 is 1.33 bits per heavy atom. The van der Waals surface area contributed by atoms with Gasteiger partial charge in [0.1, 0.15) is 5.60 Å². The molecule has 0 aliphatic carbocycles. The van der Waals surface area contributed by atoms with Crippen LogP contribution >= 0.6 is 0 Å². The van der Waals surface area contributed by atoms with Gasteiger partial charge < -0.3 is 15.0 Å². The minimum Gasteiger partial charge on any atom is -0.444 e. The molecule has 0 saturated carbocycles. The molecule has 1 aromatic carbocycles. The molecule has 112 valence electrons. The number of aromatic amines is 1. The number of rotatable bonds is 3. The molecular formula is C16H20N2O3. The van der Waals surface area contributed by atoms with E-state index in [4.69, 9.17) is 4.74 Å². The summed E-state index contributed by atoms with van der Waals surface area (Å²) in [6, 6.07) is 7.36. The van der Waals surface area contributed by atoms with Crippen molar-refractivity contribution in [2.75, 3.05) is 0 Å². The molecule has 0 unspecified atom stereocenters. The molecule has 0 bridgehead atoms. The second-order valence-corrected chi connectivity index (χ2v) is 6.06. The fourth-order valence-electron chi connectivity index (χ4n) is 2.07. The number of nitrogens with one attached hydrogen (secondary N) is 2. The summed E-state index contributed by atoms with van der Waals surface area (Å²) in [4.78, 5) is 25.6. The lowest BCUT2D eigenvalue weighted by Gasteiger charge is -2.22. The molecule has 1 heterocycles. The molecule has 0 aliphatic rings. The normalized spacial score (nSPS) is 13.0. The van der Waals surface area contributed by atoms with E-state index in [0.717, 1.165) is 22.8 Å². The molecule has 2 aromatic rings. The lowest BCUT2D eigenvalue weighted by Crippen LogP contribution is -2.34. The number of aromatic nitrogens is 1. The number of ether oxygens (including phenoxy) is 1. The van der Waals surface area contributed by atoms with Crippen LogP contribution in [0.25, 0.3) is 10.9 Å². The van der Waals surface area contributed by atoms with Crippen molar-refractivity contribution in [2.24, 2.45) is 0 Å². The summed E-state index contributed by atoms with van der Waals surface area (Å²) < 4.78 is 5.23. The number of hydrogen-bond donors (Lipinski definition) is 2. The van der Waals surface area contributed by atoms with Gasteiger partial charge in [0.15, 0.2) is 6.29 Å². The lowest BCUT2D eigenvalue weighted by atomic mass is 10.1. The second-order valence-electron chi connectivity index (χ2n) is 6.06. The first-order valence-electron chi connectivity index (χ1n) is 6.86. The van der Waals surface area contributed by atoms with Crippen LogP contribution in [0.4, 0.5) is 4.79 Å². The molecule has 5 nitrogen and oxygen atoms in total. The molecule has 0 saturated heterocycles.